The molecule has 0 bridgehead atoms. The number of fused-ring (bicyclic) bond motifs is 3. The van der Waals surface area contributed by atoms with Crippen LogP contribution in [-0.4, -0.2) is 32.1 Å². The number of hydrogen-bond donors (Lipinski definition) is 1. The van der Waals surface area contributed by atoms with Gasteiger partial charge in [-0.1, -0.05) is 35.9 Å². The van der Waals surface area contributed by atoms with Gasteiger partial charge in [-0.05, 0) is 55.0 Å². The number of likely N-dealkylation sites (tertiary alicyclic amines) is 1. The summed E-state index contributed by atoms with van der Waals surface area (Å²) < 4.78 is 5.88. The van der Waals surface area contributed by atoms with Gasteiger partial charge in [0.05, 0.1) is 32.1 Å². The van der Waals surface area contributed by atoms with E-state index in [4.69, 9.17) is 4.74 Å². The van der Waals surface area contributed by atoms with Crippen LogP contribution in [0.15, 0.2) is 72.8 Å². The van der Waals surface area contributed by atoms with Crippen molar-refractivity contribution in [1.29, 1.82) is 0 Å². The lowest BCUT2D eigenvalue weighted by molar-refractivity contribution is -0.886. The number of ether oxygens (including phenoxy) is 1. The van der Waals surface area contributed by atoms with Gasteiger partial charge in [-0.15, -0.1) is 0 Å². The van der Waals surface area contributed by atoms with Gasteiger partial charge in [0.15, 0.2) is 0 Å². The Morgan fingerprint density at radius 1 is 1.00 bits per heavy atom. The van der Waals surface area contributed by atoms with E-state index in [0.29, 0.717) is 11.5 Å². The minimum atomic E-state index is 0.0819. The van der Waals surface area contributed by atoms with Gasteiger partial charge in [0, 0.05) is 17.7 Å². The molecule has 152 valence electrons. The van der Waals surface area contributed by atoms with Crippen LogP contribution in [0.4, 0.5) is 5.69 Å². The van der Waals surface area contributed by atoms with Crippen LogP contribution < -0.4 is 14.5 Å². The quantitative estimate of drug-likeness (QED) is 0.727. The molecule has 0 aromatic heterocycles. The number of piperidine rings is 1. The van der Waals surface area contributed by atoms with Crippen molar-refractivity contribution in [3.05, 3.63) is 89.5 Å². The second-order valence-electron chi connectivity index (χ2n) is 8.55. The molecule has 30 heavy (non-hydrogen) atoms. The summed E-state index contributed by atoms with van der Waals surface area (Å²) in [6.45, 7) is 4.31. The van der Waals surface area contributed by atoms with Crippen molar-refractivity contribution < 1.29 is 14.4 Å². The molecular weight excluding hydrogens is 372 g/mol. The smallest absolute Gasteiger partial charge is 0.258 e. The first-order valence-corrected chi connectivity index (χ1v) is 10.7. The summed E-state index contributed by atoms with van der Waals surface area (Å²) in [6, 6.07) is 24.0. The predicted octanol–water partition coefficient (Wildman–Crippen LogP) is 3.82. The number of nitrogens with zero attached hydrogens (tertiary/aromatic N) is 1. The van der Waals surface area contributed by atoms with Crippen molar-refractivity contribution in [2.75, 3.05) is 25.0 Å². The molecule has 3 atom stereocenters. The highest BCUT2D eigenvalue weighted by Crippen LogP contribution is 2.43. The first-order chi connectivity index (χ1) is 14.6. The topological polar surface area (TPSA) is 34.0 Å². The largest absolute Gasteiger partial charge is 0.457 e. The Kier molecular flexibility index (Phi) is 4.80. The predicted molar refractivity (Wildman–Crippen MR) is 119 cm³/mol. The van der Waals surface area contributed by atoms with Crippen LogP contribution in [-0.2, 0) is 0 Å². The summed E-state index contributed by atoms with van der Waals surface area (Å²) in [5.74, 6) is 2.02. The van der Waals surface area contributed by atoms with Gasteiger partial charge >= 0.3 is 0 Å². The molecule has 3 aromatic carbocycles. The number of hydrogen-bond acceptors (Lipinski definition) is 2. The van der Waals surface area contributed by atoms with E-state index in [1.165, 1.54) is 11.1 Å². The molecule has 1 fully saturated rings. The number of benzene rings is 3. The van der Waals surface area contributed by atoms with Crippen molar-refractivity contribution >= 4 is 11.6 Å². The van der Waals surface area contributed by atoms with Crippen LogP contribution in [0.2, 0.25) is 0 Å². The highest BCUT2D eigenvalue weighted by atomic mass is 16.5. The number of para-hydroxylation sites is 1. The number of amides is 1. The summed E-state index contributed by atoms with van der Waals surface area (Å²) >= 11 is 0. The van der Waals surface area contributed by atoms with Crippen molar-refractivity contribution in [2.24, 2.45) is 0 Å². The van der Waals surface area contributed by atoms with Crippen molar-refractivity contribution in [1.82, 2.24) is 0 Å². The lowest BCUT2D eigenvalue weighted by atomic mass is 9.88. The minimum absolute atomic E-state index is 0.0819. The first kappa shape index (κ1) is 18.9. The average Bonchev–Trinajstić information content (AvgIpc) is 3.07. The Hall–Kier alpha value is -3.11. The monoisotopic (exact) mass is 399 g/mol. The molecule has 0 aliphatic carbocycles. The molecule has 5 rings (SSSR count). The summed E-state index contributed by atoms with van der Waals surface area (Å²) in [5, 5.41) is 0. The number of aryl methyl sites for hydroxylation is 1. The zero-order chi connectivity index (χ0) is 20.7. The molecule has 2 heterocycles. The van der Waals surface area contributed by atoms with E-state index in [1.807, 2.05) is 54.6 Å². The van der Waals surface area contributed by atoms with E-state index in [2.05, 4.69) is 37.1 Å². The van der Waals surface area contributed by atoms with E-state index >= 15 is 0 Å². The second-order valence-corrected chi connectivity index (χ2v) is 8.55. The molecule has 1 saturated heterocycles. The molecule has 4 heteroatoms. The Morgan fingerprint density at radius 2 is 1.73 bits per heavy atom. The fourth-order valence-corrected chi connectivity index (χ4v) is 4.89. The molecule has 0 radical (unpaired) electrons. The van der Waals surface area contributed by atoms with Crippen LogP contribution in [0.3, 0.4) is 0 Å². The average molecular weight is 400 g/mol. The van der Waals surface area contributed by atoms with E-state index in [0.717, 1.165) is 36.7 Å². The molecule has 2 aliphatic heterocycles. The lowest BCUT2D eigenvalue weighted by Crippen LogP contribution is -3.11. The summed E-state index contributed by atoms with van der Waals surface area (Å²) in [4.78, 5) is 17.2. The van der Waals surface area contributed by atoms with Gasteiger partial charge in [0.1, 0.15) is 11.5 Å². The number of nitrogens with one attached hydrogen (secondary N) is 1. The van der Waals surface area contributed by atoms with Crippen molar-refractivity contribution in [3.8, 4) is 11.5 Å². The fraction of sp³-hybridized carbons (Fsp3) is 0.269. The third-order valence-electron chi connectivity index (χ3n) is 6.37. The second kappa shape index (κ2) is 7.62. The van der Waals surface area contributed by atoms with Crippen LogP contribution >= 0.6 is 0 Å². The fourth-order valence-electron chi connectivity index (χ4n) is 4.89. The maximum Gasteiger partial charge on any atom is 0.258 e. The Morgan fingerprint density at radius 3 is 2.50 bits per heavy atom. The van der Waals surface area contributed by atoms with Gasteiger partial charge in [-0.2, -0.15) is 0 Å². The molecule has 2 aliphatic rings. The highest BCUT2D eigenvalue weighted by molar-refractivity contribution is 6.08. The van der Waals surface area contributed by atoms with Gasteiger partial charge in [0.2, 0.25) is 0 Å². The third kappa shape index (κ3) is 3.37. The number of anilines is 1. The molecule has 0 spiro atoms. The van der Waals surface area contributed by atoms with Gasteiger partial charge in [-0.3, -0.25) is 4.79 Å². The number of rotatable bonds is 3. The van der Waals surface area contributed by atoms with Gasteiger partial charge < -0.3 is 14.5 Å². The Balaban J connectivity index is 1.43. The number of carbonyl (C=O) groups excluding carboxylic acids is 1. The third-order valence-corrected chi connectivity index (χ3v) is 6.37. The zero-order valence-electron chi connectivity index (χ0n) is 17.5. The van der Waals surface area contributed by atoms with Crippen LogP contribution in [0.5, 0.6) is 11.5 Å². The van der Waals surface area contributed by atoms with E-state index < -0.39 is 0 Å². The molecule has 1 amide bonds. The summed E-state index contributed by atoms with van der Waals surface area (Å²) in [7, 11) is 2.25. The van der Waals surface area contributed by atoms with Crippen LogP contribution in [0, 0.1) is 6.92 Å². The zero-order valence-corrected chi connectivity index (χ0v) is 17.5. The maximum absolute atomic E-state index is 13.6. The van der Waals surface area contributed by atoms with E-state index in [1.54, 1.807) is 4.90 Å². The maximum atomic E-state index is 13.6. The molecule has 0 saturated carbocycles. The van der Waals surface area contributed by atoms with Gasteiger partial charge in [0.25, 0.3) is 5.91 Å². The Bertz CT molecular complexity index is 1060. The minimum Gasteiger partial charge on any atom is -0.457 e. The van der Waals surface area contributed by atoms with Crippen molar-refractivity contribution in [2.45, 2.75) is 25.3 Å². The van der Waals surface area contributed by atoms with E-state index in [9.17, 15) is 4.79 Å². The molecule has 1 N–H and O–H groups in total. The molecule has 4 nitrogen and oxygen atoms in total. The van der Waals surface area contributed by atoms with Crippen LogP contribution in [0.1, 0.15) is 33.8 Å². The number of likely N-dealkylation sites (N-methyl/N-ethyl adjacent to an activating group) is 1. The van der Waals surface area contributed by atoms with Crippen molar-refractivity contribution in [3.63, 3.8) is 0 Å². The van der Waals surface area contributed by atoms with E-state index in [-0.39, 0.29) is 11.9 Å². The molecule has 3 aromatic rings. The summed E-state index contributed by atoms with van der Waals surface area (Å²) in [6.07, 6.45) is 1.03. The highest BCUT2D eigenvalue weighted by Gasteiger charge is 2.45. The molecule has 1 unspecified atom stereocenters. The number of quaternary nitrogens is 1. The first-order valence-electron chi connectivity index (χ1n) is 10.7. The molecular formula is C26H27N2O2+. The van der Waals surface area contributed by atoms with Crippen LogP contribution in [0.25, 0.3) is 0 Å². The standard InChI is InChI=1S/C26H26N2O2/c1-18-8-13-24-22(16-18)23-17-27(2)15-14-25(23)28(24)26(29)19-9-11-21(12-10-19)30-20-6-4-3-5-7-20/h3-13,16,23,25H,14-15,17H2,1-2H3/p+1/t23-,25-/m0/s1. The summed E-state index contributed by atoms with van der Waals surface area (Å²) in [5.41, 5.74) is 4.37. The lowest BCUT2D eigenvalue weighted by Gasteiger charge is -2.34. The number of carbonyl (C=O) groups is 1. The SMILES string of the molecule is Cc1ccc2c(c1)[C@@H]1C[NH+](C)CC[C@@H]1N2C(=O)c1ccc(Oc2ccccc2)cc1. The normalized spacial score (nSPS) is 22.3. The van der Waals surface area contributed by atoms with Gasteiger partial charge in [-0.25, -0.2) is 0 Å². The Labute approximate surface area is 177 Å².